The molecule has 0 aliphatic heterocycles. The largest absolute Gasteiger partial charge is 0.339 e. The van der Waals surface area contributed by atoms with Crippen molar-refractivity contribution in [3.8, 4) is 11.4 Å². The van der Waals surface area contributed by atoms with Gasteiger partial charge in [0.1, 0.15) is 6.04 Å². The Kier molecular flexibility index (Phi) is 6.90. The van der Waals surface area contributed by atoms with Crippen molar-refractivity contribution < 1.29 is 9.32 Å². The zero-order chi connectivity index (χ0) is 17.8. The van der Waals surface area contributed by atoms with E-state index in [9.17, 15) is 4.79 Å². The smallest absolute Gasteiger partial charge is 0.262 e. The van der Waals surface area contributed by atoms with Crippen LogP contribution >= 0.6 is 23.7 Å². The highest BCUT2D eigenvalue weighted by molar-refractivity contribution is 7.12. The van der Waals surface area contributed by atoms with Crippen LogP contribution in [-0.4, -0.2) is 16.0 Å². The standard InChI is InChI=1S/C18H20N4O2S.ClH/c1-11(2)15(20-17(23)14-4-3-9-25-14)18-21-16(22-24-18)13-7-5-12(10-19)6-8-13;/h3-9,11,15H,10,19H2,1-2H3,(H,20,23);1H. The molecular formula is C18H21ClN4O2S. The molecule has 2 aromatic heterocycles. The normalized spacial score (nSPS) is 11.8. The van der Waals surface area contributed by atoms with Crippen molar-refractivity contribution in [2.24, 2.45) is 11.7 Å². The number of hydrogen-bond acceptors (Lipinski definition) is 6. The molecule has 138 valence electrons. The average molecular weight is 393 g/mol. The highest BCUT2D eigenvalue weighted by Gasteiger charge is 2.25. The lowest BCUT2D eigenvalue weighted by atomic mass is 10.0. The molecule has 3 aromatic rings. The van der Waals surface area contributed by atoms with Gasteiger partial charge < -0.3 is 15.6 Å². The molecule has 0 saturated carbocycles. The Labute approximate surface area is 162 Å². The van der Waals surface area contributed by atoms with Gasteiger partial charge in [-0.2, -0.15) is 4.98 Å². The summed E-state index contributed by atoms with van der Waals surface area (Å²) in [6.45, 7) is 4.49. The number of thiophene rings is 1. The van der Waals surface area contributed by atoms with Crippen LogP contribution in [0.2, 0.25) is 0 Å². The first kappa shape index (κ1) is 20.1. The summed E-state index contributed by atoms with van der Waals surface area (Å²) in [7, 11) is 0. The predicted octanol–water partition coefficient (Wildman–Crippen LogP) is 3.81. The van der Waals surface area contributed by atoms with Gasteiger partial charge in [-0.25, -0.2) is 0 Å². The second kappa shape index (κ2) is 8.93. The minimum Gasteiger partial charge on any atom is -0.339 e. The van der Waals surface area contributed by atoms with Crippen LogP contribution in [0.1, 0.15) is 41.0 Å². The quantitative estimate of drug-likeness (QED) is 0.665. The molecule has 1 unspecified atom stereocenters. The molecule has 0 aliphatic rings. The Bertz CT molecular complexity index is 831. The van der Waals surface area contributed by atoms with E-state index in [1.165, 1.54) is 11.3 Å². The molecule has 0 bridgehead atoms. The van der Waals surface area contributed by atoms with Crippen molar-refractivity contribution in [1.82, 2.24) is 15.5 Å². The summed E-state index contributed by atoms with van der Waals surface area (Å²) in [6, 6.07) is 11.0. The summed E-state index contributed by atoms with van der Waals surface area (Å²) >= 11 is 1.40. The fourth-order valence-electron chi connectivity index (χ4n) is 2.40. The molecule has 8 heteroatoms. The molecule has 0 saturated heterocycles. The summed E-state index contributed by atoms with van der Waals surface area (Å²) in [5, 5.41) is 8.90. The number of amides is 1. The van der Waals surface area contributed by atoms with Gasteiger partial charge in [0.2, 0.25) is 11.7 Å². The fraction of sp³-hybridized carbons (Fsp3) is 0.278. The van der Waals surface area contributed by atoms with Crippen molar-refractivity contribution in [1.29, 1.82) is 0 Å². The van der Waals surface area contributed by atoms with E-state index >= 15 is 0 Å². The molecule has 1 atom stereocenters. The van der Waals surface area contributed by atoms with Crippen molar-refractivity contribution in [2.75, 3.05) is 0 Å². The number of halogens is 1. The van der Waals surface area contributed by atoms with Gasteiger partial charge in [-0.1, -0.05) is 49.3 Å². The first-order valence-electron chi connectivity index (χ1n) is 8.06. The second-order valence-electron chi connectivity index (χ2n) is 6.03. The van der Waals surface area contributed by atoms with E-state index < -0.39 is 0 Å². The zero-order valence-electron chi connectivity index (χ0n) is 14.5. The van der Waals surface area contributed by atoms with E-state index in [1.807, 2.05) is 49.6 Å². The van der Waals surface area contributed by atoms with Crippen LogP contribution in [0.4, 0.5) is 0 Å². The SMILES string of the molecule is CC(C)C(NC(=O)c1cccs1)c1nc(-c2ccc(CN)cc2)no1.Cl. The first-order chi connectivity index (χ1) is 12.1. The minimum absolute atomic E-state index is 0. The Balaban J connectivity index is 0.00000243. The third-order valence-electron chi connectivity index (χ3n) is 3.85. The maximum absolute atomic E-state index is 12.3. The summed E-state index contributed by atoms with van der Waals surface area (Å²) in [5.41, 5.74) is 7.50. The van der Waals surface area contributed by atoms with Gasteiger partial charge in [0.05, 0.1) is 4.88 Å². The molecule has 1 aromatic carbocycles. The molecule has 1 amide bonds. The Morgan fingerprint density at radius 2 is 2.00 bits per heavy atom. The molecule has 3 rings (SSSR count). The lowest BCUT2D eigenvalue weighted by Crippen LogP contribution is -2.31. The van der Waals surface area contributed by atoms with Crippen molar-refractivity contribution in [2.45, 2.75) is 26.4 Å². The number of nitrogens with two attached hydrogens (primary N) is 1. The Morgan fingerprint density at radius 1 is 1.27 bits per heavy atom. The van der Waals surface area contributed by atoms with E-state index in [0.717, 1.165) is 11.1 Å². The van der Waals surface area contributed by atoms with E-state index in [0.29, 0.717) is 23.1 Å². The van der Waals surface area contributed by atoms with Crippen LogP contribution in [-0.2, 0) is 6.54 Å². The topological polar surface area (TPSA) is 94.0 Å². The van der Waals surface area contributed by atoms with Crippen LogP contribution in [0.25, 0.3) is 11.4 Å². The fourth-order valence-corrected chi connectivity index (χ4v) is 3.03. The molecule has 2 heterocycles. The van der Waals surface area contributed by atoms with Crippen LogP contribution in [0, 0.1) is 5.92 Å². The zero-order valence-corrected chi connectivity index (χ0v) is 16.1. The number of hydrogen-bond donors (Lipinski definition) is 2. The maximum Gasteiger partial charge on any atom is 0.262 e. The van der Waals surface area contributed by atoms with Gasteiger partial charge in [-0.3, -0.25) is 4.79 Å². The van der Waals surface area contributed by atoms with Crippen LogP contribution in [0.3, 0.4) is 0 Å². The number of carbonyl (C=O) groups is 1. The number of benzene rings is 1. The van der Waals surface area contributed by atoms with Crippen molar-refractivity contribution >= 4 is 29.7 Å². The number of rotatable bonds is 6. The molecule has 0 aliphatic carbocycles. The Morgan fingerprint density at radius 3 is 2.58 bits per heavy atom. The summed E-state index contributed by atoms with van der Waals surface area (Å²) < 4.78 is 5.42. The van der Waals surface area contributed by atoms with Gasteiger partial charge >= 0.3 is 0 Å². The summed E-state index contributed by atoms with van der Waals surface area (Å²) in [6.07, 6.45) is 0. The number of carbonyl (C=O) groups excluding carboxylic acids is 1. The molecule has 0 fully saturated rings. The molecule has 0 spiro atoms. The van der Waals surface area contributed by atoms with Gasteiger partial charge in [-0.15, -0.1) is 23.7 Å². The highest BCUT2D eigenvalue weighted by Crippen LogP contribution is 2.24. The van der Waals surface area contributed by atoms with E-state index in [4.69, 9.17) is 10.3 Å². The van der Waals surface area contributed by atoms with E-state index in [2.05, 4.69) is 15.5 Å². The lowest BCUT2D eigenvalue weighted by molar-refractivity contribution is 0.0918. The van der Waals surface area contributed by atoms with E-state index in [-0.39, 0.29) is 30.3 Å². The van der Waals surface area contributed by atoms with Crippen LogP contribution in [0.5, 0.6) is 0 Å². The summed E-state index contributed by atoms with van der Waals surface area (Å²) in [5.74, 6) is 0.866. The number of nitrogens with one attached hydrogen (secondary N) is 1. The highest BCUT2D eigenvalue weighted by atomic mass is 35.5. The second-order valence-corrected chi connectivity index (χ2v) is 6.98. The third-order valence-corrected chi connectivity index (χ3v) is 4.72. The minimum atomic E-state index is -0.348. The Hall–Kier alpha value is -2.22. The van der Waals surface area contributed by atoms with Gasteiger partial charge in [0.15, 0.2) is 0 Å². The van der Waals surface area contributed by atoms with Crippen LogP contribution in [0.15, 0.2) is 46.3 Å². The lowest BCUT2D eigenvalue weighted by Gasteiger charge is -2.17. The van der Waals surface area contributed by atoms with Gasteiger partial charge in [0, 0.05) is 12.1 Å². The molecule has 3 N–H and O–H groups in total. The van der Waals surface area contributed by atoms with Gasteiger partial charge in [-0.05, 0) is 22.9 Å². The first-order valence-corrected chi connectivity index (χ1v) is 8.94. The molecule has 0 radical (unpaired) electrons. The van der Waals surface area contributed by atoms with Crippen LogP contribution < -0.4 is 11.1 Å². The van der Waals surface area contributed by atoms with Crippen molar-refractivity contribution in [3.05, 3.63) is 58.1 Å². The average Bonchev–Trinajstić information content (AvgIpc) is 3.31. The molecule has 26 heavy (non-hydrogen) atoms. The molecule has 6 nitrogen and oxygen atoms in total. The van der Waals surface area contributed by atoms with Crippen molar-refractivity contribution in [3.63, 3.8) is 0 Å². The third kappa shape index (κ3) is 4.49. The maximum atomic E-state index is 12.3. The van der Waals surface area contributed by atoms with E-state index in [1.54, 1.807) is 6.07 Å². The molecular weight excluding hydrogens is 372 g/mol. The van der Waals surface area contributed by atoms with Gasteiger partial charge in [0.25, 0.3) is 5.91 Å². The summed E-state index contributed by atoms with van der Waals surface area (Å²) in [4.78, 5) is 17.5. The predicted molar refractivity (Wildman–Crippen MR) is 104 cm³/mol. The monoisotopic (exact) mass is 392 g/mol. The number of aromatic nitrogens is 2. The number of nitrogens with zero attached hydrogens (tertiary/aromatic N) is 2.